The molecule has 8 heteroatoms. The molecule has 2 aromatic carbocycles. The summed E-state index contributed by atoms with van der Waals surface area (Å²) < 4.78 is 5.86. The maximum Gasteiger partial charge on any atom is 0.265 e. The summed E-state index contributed by atoms with van der Waals surface area (Å²) in [5, 5.41) is 10.4. The SMILES string of the molecule is CCCC(Oc1cccc(C(=N)N)c1)C(=O)Nc1ccc(N2C(=O)CCCC2=O)cc1. The van der Waals surface area contributed by atoms with Gasteiger partial charge in [-0.15, -0.1) is 0 Å². The molecule has 0 saturated carbocycles. The zero-order valence-corrected chi connectivity index (χ0v) is 17.4. The van der Waals surface area contributed by atoms with Crippen LogP contribution in [0.3, 0.4) is 0 Å². The Kier molecular flexibility index (Phi) is 7.02. The van der Waals surface area contributed by atoms with Gasteiger partial charge in [-0.1, -0.05) is 25.5 Å². The molecule has 8 nitrogen and oxygen atoms in total. The zero-order valence-electron chi connectivity index (χ0n) is 17.4. The minimum Gasteiger partial charge on any atom is -0.481 e. The second-order valence-electron chi connectivity index (χ2n) is 7.35. The molecule has 0 aromatic heterocycles. The summed E-state index contributed by atoms with van der Waals surface area (Å²) >= 11 is 0. The molecule has 1 unspecified atom stereocenters. The third kappa shape index (κ3) is 5.48. The van der Waals surface area contributed by atoms with Gasteiger partial charge in [-0.05, 0) is 49.2 Å². The number of rotatable bonds is 8. The van der Waals surface area contributed by atoms with Gasteiger partial charge >= 0.3 is 0 Å². The number of hydrogen-bond donors (Lipinski definition) is 3. The van der Waals surface area contributed by atoms with Gasteiger partial charge < -0.3 is 15.8 Å². The third-order valence-electron chi connectivity index (χ3n) is 4.94. The summed E-state index contributed by atoms with van der Waals surface area (Å²) in [5.74, 6) is -0.353. The monoisotopic (exact) mass is 422 g/mol. The fourth-order valence-corrected chi connectivity index (χ4v) is 3.37. The lowest BCUT2D eigenvalue weighted by atomic mass is 10.1. The van der Waals surface area contributed by atoms with E-state index >= 15 is 0 Å². The average Bonchev–Trinajstić information content (AvgIpc) is 2.74. The highest BCUT2D eigenvalue weighted by molar-refractivity contribution is 6.16. The second-order valence-corrected chi connectivity index (χ2v) is 7.35. The van der Waals surface area contributed by atoms with Crippen LogP contribution in [-0.4, -0.2) is 29.7 Å². The Morgan fingerprint density at radius 1 is 1.16 bits per heavy atom. The Balaban J connectivity index is 1.69. The minimum absolute atomic E-state index is 0.0762. The molecule has 1 aliphatic heterocycles. The lowest BCUT2D eigenvalue weighted by Gasteiger charge is -2.25. The van der Waals surface area contributed by atoms with Crippen LogP contribution in [0.2, 0.25) is 0 Å². The van der Waals surface area contributed by atoms with Crippen LogP contribution in [0.4, 0.5) is 11.4 Å². The first-order chi connectivity index (χ1) is 14.9. The number of carbonyl (C=O) groups excluding carboxylic acids is 3. The zero-order chi connectivity index (χ0) is 22.4. The molecule has 162 valence electrons. The van der Waals surface area contributed by atoms with Crippen LogP contribution in [0.5, 0.6) is 5.75 Å². The van der Waals surface area contributed by atoms with E-state index in [1.54, 1.807) is 48.5 Å². The molecule has 0 spiro atoms. The number of nitrogen functional groups attached to an aromatic ring is 1. The van der Waals surface area contributed by atoms with Crippen LogP contribution in [0.1, 0.15) is 44.6 Å². The second kappa shape index (κ2) is 9.88. The van der Waals surface area contributed by atoms with Crippen LogP contribution in [0.25, 0.3) is 0 Å². The smallest absolute Gasteiger partial charge is 0.265 e. The lowest BCUT2D eigenvalue weighted by Crippen LogP contribution is -2.40. The van der Waals surface area contributed by atoms with Crippen LogP contribution >= 0.6 is 0 Å². The Hall–Kier alpha value is -3.68. The quantitative estimate of drug-likeness (QED) is 0.342. The number of carbonyl (C=O) groups is 3. The normalized spacial score (nSPS) is 14.8. The van der Waals surface area contributed by atoms with Crippen LogP contribution in [-0.2, 0) is 14.4 Å². The van der Waals surface area contributed by atoms with E-state index in [0.29, 0.717) is 48.4 Å². The molecule has 0 radical (unpaired) electrons. The predicted molar refractivity (Wildman–Crippen MR) is 118 cm³/mol. The van der Waals surface area contributed by atoms with E-state index in [2.05, 4.69) is 5.32 Å². The van der Waals surface area contributed by atoms with E-state index in [9.17, 15) is 14.4 Å². The number of nitrogens with two attached hydrogens (primary N) is 1. The van der Waals surface area contributed by atoms with Gasteiger partial charge in [0.15, 0.2) is 6.10 Å². The third-order valence-corrected chi connectivity index (χ3v) is 4.94. The van der Waals surface area contributed by atoms with E-state index in [0.717, 1.165) is 6.42 Å². The first kappa shape index (κ1) is 22.0. The van der Waals surface area contributed by atoms with Crippen molar-refractivity contribution in [3.63, 3.8) is 0 Å². The van der Waals surface area contributed by atoms with Gasteiger partial charge in [0, 0.05) is 24.1 Å². The molecule has 1 fully saturated rings. The topological polar surface area (TPSA) is 126 Å². The van der Waals surface area contributed by atoms with E-state index in [4.69, 9.17) is 15.9 Å². The van der Waals surface area contributed by atoms with Crippen molar-refractivity contribution in [2.24, 2.45) is 5.73 Å². The van der Waals surface area contributed by atoms with Crippen LogP contribution < -0.4 is 20.7 Å². The molecule has 0 aliphatic carbocycles. The predicted octanol–water partition coefficient (Wildman–Crippen LogP) is 3.20. The number of anilines is 2. The van der Waals surface area contributed by atoms with Crippen molar-refractivity contribution < 1.29 is 19.1 Å². The summed E-state index contributed by atoms with van der Waals surface area (Å²) in [7, 11) is 0. The standard InChI is InChI=1S/C23H26N4O4/c1-2-5-19(31-18-7-3-6-15(14-18)22(24)25)23(30)26-16-10-12-17(13-11-16)27-20(28)8-4-9-21(27)29/h3,6-7,10-14,19H,2,4-5,8-9H2,1H3,(H3,24,25)(H,26,30). The Morgan fingerprint density at radius 3 is 2.45 bits per heavy atom. The number of nitrogens with one attached hydrogen (secondary N) is 2. The number of hydrogen-bond acceptors (Lipinski definition) is 5. The van der Waals surface area contributed by atoms with Crippen molar-refractivity contribution in [2.75, 3.05) is 10.2 Å². The summed E-state index contributed by atoms with van der Waals surface area (Å²) in [6.45, 7) is 1.96. The average molecular weight is 422 g/mol. The van der Waals surface area contributed by atoms with Crippen molar-refractivity contribution in [1.29, 1.82) is 5.41 Å². The number of nitrogens with zero attached hydrogens (tertiary/aromatic N) is 1. The van der Waals surface area contributed by atoms with Crippen molar-refractivity contribution in [2.45, 2.75) is 45.1 Å². The van der Waals surface area contributed by atoms with E-state index in [1.165, 1.54) is 4.90 Å². The van der Waals surface area contributed by atoms with Gasteiger partial charge in [-0.2, -0.15) is 0 Å². The summed E-state index contributed by atoms with van der Waals surface area (Å²) in [4.78, 5) is 38.1. The number of ether oxygens (including phenoxy) is 1. The Labute approximate surface area is 180 Å². The molecule has 1 atom stereocenters. The molecule has 1 aliphatic rings. The van der Waals surface area contributed by atoms with Gasteiger partial charge in [-0.25, -0.2) is 0 Å². The van der Waals surface area contributed by atoms with E-state index < -0.39 is 6.10 Å². The first-order valence-electron chi connectivity index (χ1n) is 10.3. The van der Waals surface area contributed by atoms with Crippen LogP contribution in [0.15, 0.2) is 48.5 Å². The highest BCUT2D eigenvalue weighted by atomic mass is 16.5. The highest BCUT2D eigenvalue weighted by Gasteiger charge is 2.27. The number of amidine groups is 1. The maximum atomic E-state index is 12.8. The van der Waals surface area contributed by atoms with Crippen LogP contribution in [0, 0.1) is 5.41 Å². The van der Waals surface area contributed by atoms with Crippen molar-refractivity contribution in [3.8, 4) is 5.75 Å². The van der Waals surface area contributed by atoms with E-state index in [1.807, 2.05) is 6.92 Å². The molecule has 3 rings (SSSR count). The Bertz CT molecular complexity index is 971. The van der Waals surface area contributed by atoms with Gasteiger partial charge in [-0.3, -0.25) is 24.7 Å². The van der Waals surface area contributed by atoms with Crippen molar-refractivity contribution in [3.05, 3.63) is 54.1 Å². The minimum atomic E-state index is -0.725. The molecule has 1 heterocycles. The lowest BCUT2D eigenvalue weighted by molar-refractivity contribution is -0.129. The first-order valence-corrected chi connectivity index (χ1v) is 10.3. The molecular weight excluding hydrogens is 396 g/mol. The van der Waals surface area contributed by atoms with Gasteiger partial charge in [0.05, 0.1) is 5.69 Å². The molecule has 0 bridgehead atoms. The molecular formula is C23H26N4O4. The summed E-state index contributed by atoms with van der Waals surface area (Å²) in [5.41, 5.74) is 7.07. The van der Waals surface area contributed by atoms with Gasteiger partial charge in [0.1, 0.15) is 11.6 Å². The summed E-state index contributed by atoms with van der Waals surface area (Å²) in [6, 6.07) is 13.3. The van der Waals surface area contributed by atoms with Crippen molar-refractivity contribution in [1.82, 2.24) is 0 Å². The van der Waals surface area contributed by atoms with Crippen molar-refractivity contribution >= 4 is 34.9 Å². The summed E-state index contributed by atoms with van der Waals surface area (Å²) in [6.07, 6.45) is 1.80. The number of benzene rings is 2. The van der Waals surface area contributed by atoms with Gasteiger partial charge in [0.25, 0.3) is 5.91 Å². The fraction of sp³-hybridized carbons (Fsp3) is 0.304. The molecule has 4 N–H and O–H groups in total. The molecule has 2 aromatic rings. The molecule has 31 heavy (non-hydrogen) atoms. The highest BCUT2D eigenvalue weighted by Crippen LogP contribution is 2.24. The maximum absolute atomic E-state index is 12.8. The Morgan fingerprint density at radius 2 is 1.84 bits per heavy atom. The number of imide groups is 1. The number of piperidine rings is 1. The van der Waals surface area contributed by atoms with E-state index in [-0.39, 0.29) is 23.6 Å². The van der Waals surface area contributed by atoms with Gasteiger partial charge in [0.2, 0.25) is 11.8 Å². The number of amides is 3. The molecule has 3 amide bonds. The fourth-order valence-electron chi connectivity index (χ4n) is 3.37. The molecule has 1 saturated heterocycles. The largest absolute Gasteiger partial charge is 0.481 e.